The highest BCUT2D eigenvalue weighted by Gasteiger charge is 2.38. The fourth-order valence-corrected chi connectivity index (χ4v) is 0.714. The summed E-state index contributed by atoms with van der Waals surface area (Å²) in [5.74, 6) is 0. The van der Waals surface area contributed by atoms with Crippen LogP contribution in [-0.4, -0.2) is 11.2 Å². The SMILES string of the molecule is Cl.N[C@@H](c1ccc[nH]1)C(F)(F)F. The van der Waals surface area contributed by atoms with E-state index in [2.05, 4.69) is 4.98 Å². The molecule has 1 aromatic heterocycles. The fourth-order valence-electron chi connectivity index (χ4n) is 0.714. The van der Waals surface area contributed by atoms with Gasteiger partial charge >= 0.3 is 6.18 Å². The Kier molecular flexibility index (Phi) is 3.60. The number of alkyl halides is 3. The van der Waals surface area contributed by atoms with Gasteiger partial charge in [0.25, 0.3) is 0 Å². The summed E-state index contributed by atoms with van der Waals surface area (Å²) in [6, 6.07) is 0.872. The van der Waals surface area contributed by atoms with Crippen molar-refractivity contribution in [2.75, 3.05) is 0 Å². The van der Waals surface area contributed by atoms with Crippen molar-refractivity contribution in [3.8, 4) is 0 Å². The van der Waals surface area contributed by atoms with Crippen LogP contribution in [0, 0.1) is 0 Å². The third-order valence-electron chi connectivity index (χ3n) is 1.31. The van der Waals surface area contributed by atoms with E-state index in [9.17, 15) is 13.2 Å². The molecule has 1 heterocycles. The van der Waals surface area contributed by atoms with Gasteiger partial charge in [-0.05, 0) is 12.1 Å². The zero-order valence-corrected chi connectivity index (χ0v) is 6.75. The number of hydrogen-bond acceptors (Lipinski definition) is 1. The second-order valence-electron chi connectivity index (χ2n) is 2.14. The van der Waals surface area contributed by atoms with Gasteiger partial charge in [-0.3, -0.25) is 0 Å². The summed E-state index contributed by atoms with van der Waals surface area (Å²) in [5.41, 5.74) is 4.84. The smallest absolute Gasteiger partial charge is 0.363 e. The van der Waals surface area contributed by atoms with Crippen LogP contribution in [0.1, 0.15) is 11.7 Å². The molecule has 3 N–H and O–H groups in total. The monoisotopic (exact) mass is 200 g/mol. The largest absolute Gasteiger partial charge is 0.409 e. The lowest BCUT2D eigenvalue weighted by Crippen LogP contribution is -2.28. The molecule has 0 spiro atoms. The van der Waals surface area contributed by atoms with Crippen LogP contribution in [0.3, 0.4) is 0 Å². The maximum Gasteiger partial charge on any atom is 0.409 e. The predicted molar refractivity (Wildman–Crippen MR) is 41.0 cm³/mol. The van der Waals surface area contributed by atoms with E-state index in [1.54, 1.807) is 0 Å². The maximum absolute atomic E-state index is 11.9. The molecule has 1 atom stereocenters. The molecule has 0 fully saturated rings. The molecule has 0 radical (unpaired) electrons. The molecule has 0 aliphatic heterocycles. The Morgan fingerprint density at radius 2 is 2.00 bits per heavy atom. The minimum absolute atomic E-state index is 0. The Labute approximate surface area is 73.4 Å². The van der Waals surface area contributed by atoms with Gasteiger partial charge in [0, 0.05) is 11.9 Å². The molecule has 12 heavy (non-hydrogen) atoms. The van der Waals surface area contributed by atoms with E-state index in [1.807, 2.05) is 0 Å². The third-order valence-corrected chi connectivity index (χ3v) is 1.31. The summed E-state index contributed by atoms with van der Waals surface area (Å²) in [7, 11) is 0. The van der Waals surface area contributed by atoms with E-state index < -0.39 is 12.2 Å². The van der Waals surface area contributed by atoms with Gasteiger partial charge in [0.05, 0.1) is 0 Å². The molecule has 0 aromatic carbocycles. The highest BCUT2D eigenvalue weighted by molar-refractivity contribution is 5.85. The molecular formula is C6H8ClF3N2. The molecule has 0 aliphatic rings. The van der Waals surface area contributed by atoms with Crippen LogP contribution in [0.25, 0.3) is 0 Å². The Balaban J connectivity index is 0.00000121. The van der Waals surface area contributed by atoms with E-state index >= 15 is 0 Å². The topological polar surface area (TPSA) is 41.8 Å². The highest BCUT2D eigenvalue weighted by atomic mass is 35.5. The normalized spacial score (nSPS) is 13.7. The van der Waals surface area contributed by atoms with Crippen molar-refractivity contribution in [1.82, 2.24) is 4.98 Å². The number of rotatable bonds is 1. The number of H-pyrrole nitrogens is 1. The van der Waals surface area contributed by atoms with Crippen molar-refractivity contribution in [3.05, 3.63) is 24.0 Å². The lowest BCUT2D eigenvalue weighted by Gasteiger charge is -2.13. The zero-order chi connectivity index (χ0) is 8.48. The molecule has 0 bridgehead atoms. The van der Waals surface area contributed by atoms with Crippen LogP contribution >= 0.6 is 12.4 Å². The minimum atomic E-state index is -4.37. The van der Waals surface area contributed by atoms with Crippen molar-refractivity contribution in [2.45, 2.75) is 12.2 Å². The van der Waals surface area contributed by atoms with E-state index in [0.29, 0.717) is 0 Å². The fraction of sp³-hybridized carbons (Fsp3) is 0.333. The second kappa shape index (κ2) is 3.82. The third kappa shape index (κ3) is 2.42. The average molecular weight is 201 g/mol. The van der Waals surface area contributed by atoms with Crippen molar-refractivity contribution >= 4 is 12.4 Å². The Bertz CT molecular complexity index is 219. The number of nitrogens with one attached hydrogen (secondary N) is 1. The molecule has 0 aliphatic carbocycles. The van der Waals surface area contributed by atoms with Crippen LogP contribution < -0.4 is 5.73 Å². The van der Waals surface area contributed by atoms with Gasteiger partial charge in [0.15, 0.2) is 0 Å². The highest BCUT2D eigenvalue weighted by Crippen LogP contribution is 2.28. The predicted octanol–water partition coefficient (Wildman–Crippen LogP) is 2.00. The van der Waals surface area contributed by atoms with Gasteiger partial charge in [-0.15, -0.1) is 12.4 Å². The summed E-state index contributed by atoms with van der Waals surface area (Å²) in [4.78, 5) is 2.40. The van der Waals surface area contributed by atoms with Crippen LogP contribution in [0.15, 0.2) is 18.3 Å². The minimum Gasteiger partial charge on any atom is -0.363 e. The molecule has 1 aromatic rings. The quantitative estimate of drug-likeness (QED) is 0.715. The van der Waals surface area contributed by atoms with Gasteiger partial charge < -0.3 is 10.7 Å². The van der Waals surface area contributed by atoms with E-state index in [4.69, 9.17) is 5.73 Å². The molecule has 0 saturated carbocycles. The van der Waals surface area contributed by atoms with Crippen molar-refractivity contribution in [1.29, 1.82) is 0 Å². The summed E-state index contributed by atoms with van der Waals surface area (Å²) >= 11 is 0. The summed E-state index contributed by atoms with van der Waals surface area (Å²) < 4.78 is 35.6. The standard InChI is InChI=1S/C6H7F3N2.ClH/c7-6(8,9)5(10)4-2-1-3-11-4;/h1-3,5,11H,10H2;1H/t5-;/m0./s1. The maximum atomic E-state index is 11.9. The first kappa shape index (κ1) is 11.3. The Morgan fingerprint density at radius 3 is 2.33 bits per heavy atom. The number of halogens is 4. The van der Waals surface area contributed by atoms with Crippen molar-refractivity contribution < 1.29 is 13.2 Å². The van der Waals surface area contributed by atoms with Gasteiger partial charge in [-0.2, -0.15) is 13.2 Å². The molecule has 6 heteroatoms. The van der Waals surface area contributed by atoms with Gasteiger partial charge in [0.1, 0.15) is 6.04 Å². The number of aromatic nitrogens is 1. The first-order valence-electron chi connectivity index (χ1n) is 2.97. The van der Waals surface area contributed by atoms with E-state index in [0.717, 1.165) is 0 Å². The lowest BCUT2D eigenvalue weighted by molar-refractivity contribution is -0.149. The van der Waals surface area contributed by atoms with Crippen LogP contribution in [-0.2, 0) is 0 Å². The van der Waals surface area contributed by atoms with Crippen molar-refractivity contribution in [3.63, 3.8) is 0 Å². The van der Waals surface area contributed by atoms with Crippen molar-refractivity contribution in [2.24, 2.45) is 5.73 Å². The molecule has 70 valence electrons. The molecular weight excluding hydrogens is 193 g/mol. The first-order valence-corrected chi connectivity index (χ1v) is 2.97. The molecule has 2 nitrogen and oxygen atoms in total. The Hall–Kier alpha value is -0.680. The number of aromatic amines is 1. The zero-order valence-electron chi connectivity index (χ0n) is 5.93. The summed E-state index contributed by atoms with van der Waals surface area (Å²) in [5, 5.41) is 0. The average Bonchev–Trinajstić information content (AvgIpc) is 2.34. The molecule has 0 saturated heterocycles. The van der Waals surface area contributed by atoms with Crippen LogP contribution in [0.2, 0.25) is 0 Å². The number of hydrogen-bond donors (Lipinski definition) is 2. The Morgan fingerprint density at radius 1 is 1.42 bits per heavy atom. The van der Waals surface area contributed by atoms with Crippen LogP contribution in [0.4, 0.5) is 13.2 Å². The molecule has 0 amide bonds. The summed E-state index contributed by atoms with van der Waals surface area (Å²) in [6.07, 6.45) is -2.97. The van der Waals surface area contributed by atoms with Gasteiger partial charge in [-0.25, -0.2) is 0 Å². The lowest BCUT2D eigenvalue weighted by atomic mass is 10.2. The first-order chi connectivity index (χ1) is 5.02. The van der Waals surface area contributed by atoms with Gasteiger partial charge in [0.2, 0.25) is 0 Å². The molecule has 1 rings (SSSR count). The van der Waals surface area contributed by atoms with E-state index in [1.165, 1.54) is 18.3 Å². The summed E-state index contributed by atoms with van der Waals surface area (Å²) in [6.45, 7) is 0. The van der Waals surface area contributed by atoms with Gasteiger partial charge in [-0.1, -0.05) is 0 Å². The second-order valence-corrected chi connectivity index (χ2v) is 2.14. The van der Waals surface area contributed by atoms with Crippen LogP contribution in [0.5, 0.6) is 0 Å². The molecule has 0 unspecified atom stereocenters. The van der Waals surface area contributed by atoms with E-state index in [-0.39, 0.29) is 18.1 Å². The number of nitrogens with two attached hydrogens (primary N) is 1.